The molecule has 0 aromatic heterocycles. The Morgan fingerprint density at radius 2 is 1.51 bits per heavy atom. The predicted molar refractivity (Wildman–Crippen MR) is 155 cm³/mol. The molecule has 1 aliphatic heterocycles. The summed E-state index contributed by atoms with van der Waals surface area (Å²) in [5.74, 6) is -0.252. The summed E-state index contributed by atoms with van der Waals surface area (Å²) in [5, 5.41) is 0. The third-order valence-corrected chi connectivity index (χ3v) is 8.90. The Balaban J connectivity index is 1.28. The third-order valence-electron chi connectivity index (χ3n) is 8.90. The number of amides is 2. The Kier molecular flexibility index (Phi) is 8.30. The van der Waals surface area contributed by atoms with Crippen LogP contribution in [0.15, 0.2) is 48.5 Å². The summed E-state index contributed by atoms with van der Waals surface area (Å²) >= 11 is 0. The molecule has 1 heterocycles. The Labute approximate surface area is 242 Å². The number of methoxy groups -OCH3 is 1. The highest BCUT2D eigenvalue weighted by molar-refractivity contribution is 5.79. The molecule has 2 amide bonds. The first-order valence-corrected chi connectivity index (χ1v) is 14.8. The van der Waals surface area contributed by atoms with Crippen LogP contribution in [-0.4, -0.2) is 72.4 Å². The van der Waals surface area contributed by atoms with Gasteiger partial charge in [0, 0.05) is 31.1 Å². The van der Waals surface area contributed by atoms with E-state index in [1.807, 2.05) is 49.9 Å². The summed E-state index contributed by atoms with van der Waals surface area (Å²) in [7, 11) is 1.40. The maximum Gasteiger partial charge on any atom is 0.410 e. The van der Waals surface area contributed by atoms with E-state index >= 15 is 0 Å². The van der Waals surface area contributed by atoms with Crippen LogP contribution in [0.4, 0.5) is 9.59 Å². The maximum absolute atomic E-state index is 13.8. The van der Waals surface area contributed by atoms with Gasteiger partial charge in [0.1, 0.15) is 12.2 Å². The van der Waals surface area contributed by atoms with Gasteiger partial charge in [0.05, 0.1) is 13.0 Å². The van der Waals surface area contributed by atoms with Crippen molar-refractivity contribution in [2.75, 3.05) is 26.8 Å². The van der Waals surface area contributed by atoms with Crippen LogP contribution >= 0.6 is 0 Å². The standard InChI is InChI=1S/C33H42N2O6/c1-21(22-14-16-34(17-15-22)31(37)41-33(2,3)4)35(24-18-23(19-24)30(36)39-5)32(38)40-20-29-27-12-8-6-10-25(27)26-11-7-9-13-28(26)29/h6-13,21-24,29H,14-20H2,1-5H3. The molecule has 1 saturated carbocycles. The molecule has 5 rings (SSSR count). The molecule has 2 fully saturated rings. The molecule has 2 aromatic carbocycles. The highest BCUT2D eigenvalue weighted by atomic mass is 16.6. The first-order chi connectivity index (χ1) is 19.6. The first-order valence-electron chi connectivity index (χ1n) is 14.8. The molecular formula is C33H42N2O6. The molecule has 1 atom stereocenters. The van der Waals surface area contributed by atoms with Gasteiger partial charge in [-0.2, -0.15) is 0 Å². The molecule has 1 saturated heterocycles. The van der Waals surface area contributed by atoms with Crippen molar-refractivity contribution < 1.29 is 28.6 Å². The van der Waals surface area contributed by atoms with Gasteiger partial charge < -0.3 is 24.0 Å². The molecule has 0 radical (unpaired) electrons. The lowest BCUT2D eigenvalue weighted by Crippen LogP contribution is -2.56. The zero-order valence-corrected chi connectivity index (χ0v) is 24.8. The smallest absolute Gasteiger partial charge is 0.410 e. The van der Waals surface area contributed by atoms with E-state index in [-0.39, 0.29) is 54.6 Å². The van der Waals surface area contributed by atoms with Crippen LogP contribution in [0.3, 0.4) is 0 Å². The first kappa shape index (κ1) is 29.0. The average Bonchev–Trinajstić information content (AvgIpc) is 3.25. The molecule has 8 heteroatoms. The van der Waals surface area contributed by atoms with Gasteiger partial charge in [0.2, 0.25) is 0 Å². The van der Waals surface area contributed by atoms with Gasteiger partial charge in [0.15, 0.2) is 0 Å². The molecule has 3 aliphatic rings. The van der Waals surface area contributed by atoms with Crippen molar-refractivity contribution in [3.8, 4) is 11.1 Å². The molecule has 0 spiro atoms. The second-order valence-corrected chi connectivity index (χ2v) is 12.6. The molecule has 2 aromatic rings. The van der Waals surface area contributed by atoms with Gasteiger partial charge in [-0.3, -0.25) is 4.79 Å². The van der Waals surface area contributed by atoms with Crippen LogP contribution in [0.5, 0.6) is 0 Å². The minimum absolute atomic E-state index is 0.0234. The lowest BCUT2D eigenvalue weighted by atomic mass is 9.77. The quantitative estimate of drug-likeness (QED) is 0.307. The van der Waals surface area contributed by atoms with Crippen LogP contribution in [0, 0.1) is 11.8 Å². The number of carbonyl (C=O) groups is 3. The maximum atomic E-state index is 13.8. The van der Waals surface area contributed by atoms with Crippen molar-refractivity contribution in [1.29, 1.82) is 0 Å². The van der Waals surface area contributed by atoms with E-state index in [4.69, 9.17) is 14.2 Å². The van der Waals surface area contributed by atoms with E-state index in [1.54, 1.807) is 4.90 Å². The minimum Gasteiger partial charge on any atom is -0.469 e. The van der Waals surface area contributed by atoms with Crippen LogP contribution in [0.2, 0.25) is 0 Å². The number of nitrogens with zero attached hydrogens (tertiary/aromatic N) is 2. The zero-order chi connectivity index (χ0) is 29.3. The van der Waals surface area contributed by atoms with E-state index in [9.17, 15) is 14.4 Å². The summed E-state index contributed by atoms with van der Waals surface area (Å²) in [5.41, 5.74) is 4.18. The van der Waals surface area contributed by atoms with Crippen molar-refractivity contribution >= 4 is 18.2 Å². The Morgan fingerprint density at radius 3 is 2.05 bits per heavy atom. The molecule has 8 nitrogen and oxygen atoms in total. The number of esters is 1. The molecule has 1 unspecified atom stereocenters. The monoisotopic (exact) mass is 562 g/mol. The van der Waals surface area contributed by atoms with Crippen molar-refractivity contribution in [1.82, 2.24) is 9.80 Å². The summed E-state index contributed by atoms with van der Waals surface area (Å²) in [6, 6.07) is 16.4. The molecule has 220 valence electrons. The second-order valence-electron chi connectivity index (χ2n) is 12.6. The Bertz CT molecular complexity index is 1230. The number of fused-ring (bicyclic) bond motifs is 3. The highest BCUT2D eigenvalue weighted by Gasteiger charge is 2.45. The van der Waals surface area contributed by atoms with Gasteiger partial charge in [-0.25, -0.2) is 9.59 Å². The van der Waals surface area contributed by atoms with E-state index in [0.29, 0.717) is 25.9 Å². The van der Waals surface area contributed by atoms with Crippen molar-refractivity contribution in [3.63, 3.8) is 0 Å². The third kappa shape index (κ3) is 6.07. The number of carbonyl (C=O) groups excluding carboxylic acids is 3. The number of hydrogen-bond donors (Lipinski definition) is 0. The number of benzene rings is 2. The molecule has 41 heavy (non-hydrogen) atoms. The molecule has 0 bridgehead atoms. The van der Waals surface area contributed by atoms with Gasteiger partial charge in [-0.05, 0) is 81.5 Å². The van der Waals surface area contributed by atoms with Crippen molar-refractivity contribution in [2.24, 2.45) is 11.8 Å². The molecular weight excluding hydrogens is 520 g/mol. The molecule has 0 N–H and O–H groups in total. The van der Waals surface area contributed by atoms with Gasteiger partial charge >= 0.3 is 18.2 Å². The minimum atomic E-state index is -0.539. The highest BCUT2D eigenvalue weighted by Crippen LogP contribution is 2.45. The van der Waals surface area contributed by atoms with Crippen molar-refractivity contribution in [2.45, 2.75) is 77.0 Å². The van der Waals surface area contributed by atoms with Crippen LogP contribution < -0.4 is 0 Å². The normalized spacial score (nSPS) is 21.2. The average molecular weight is 563 g/mol. The van der Waals surface area contributed by atoms with E-state index < -0.39 is 5.60 Å². The van der Waals surface area contributed by atoms with Crippen LogP contribution in [0.1, 0.15) is 70.4 Å². The fourth-order valence-electron chi connectivity index (χ4n) is 6.61. The van der Waals surface area contributed by atoms with E-state index in [2.05, 4.69) is 31.2 Å². The van der Waals surface area contributed by atoms with Gasteiger partial charge in [0.25, 0.3) is 0 Å². The predicted octanol–water partition coefficient (Wildman–Crippen LogP) is 6.22. The number of likely N-dealkylation sites (tertiary alicyclic amines) is 1. The largest absolute Gasteiger partial charge is 0.469 e. The van der Waals surface area contributed by atoms with Gasteiger partial charge in [-0.1, -0.05) is 48.5 Å². The Morgan fingerprint density at radius 1 is 0.951 bits per heavy atom. The summed E-state index contributed by atoms with van der Waals surface area (Å²) in [4.78, 5) is 42.2. The molecule has 2 aliphatic carbocycles. The van der Waals surface area contributed by atoms with Crippen LogP contribution in [-0.2, 0) is 19.0 Å². The number of rotatable bonds is 6. The summed E-state index contributed by atoms with van der Waals surface area (Å²) in [6.45, 7) is 9.08. The topological polar surface area (TPSA) is 85.4 Å². The lowest BCUT2D eigenvalue weighted by Gasteiger charge is -2.47. The second kappa shape index (κ2) is 11.7. The summed E-state index contributed by atoms with van der Waals surface area (Å²) < 4.78 is 16.6. The number of piperidine rings is 1. The number of ether oxygens (including phenoxy) is 3. The number of hydrogen-bond acceptors (Lipinski definition) is 6. The van der Waals surface area contributed by atoms with Crippen LogP contribution in [0.25, 0.3) is 11.1 Å². The van der Waals surface area contributed by atoms with E-state index in [1.165, 1.54) is 29.4 Å². The fourth-order valence-corrected chi connectivity index (χ4v) is 6.61. The summed E-state index contributed by atoms with van der Waals surface area (Å²) in [6.07, 6.45) is 2.02. The van der Waals surface area contributed by atoms with Gasteiger partial charge in [-0.15, -0.1) is 0 Å². The Hall–Kier alpha value is -3.55. The zero-order valence-electron chi connectivity index (χ0n) is 24.8. The fraction of sp³-hybridized carbons (Fsp3) is 0.545. The van der Waals surface area contributed by atoms with Crippen molar-refractivity contribution in [3.05, 3.63) is 59.7 Å². The lowest BCUT2D eigenvalue weighted by molar-refractivity contribution is -0.151. The SMILES string of the molecule is COC(=O)C1CC(N(C(=O)OCC2c3ccccc3-c3ccccc32)C(C)C2CCN(C(=O)OC(C)(C)C)CC2)C1. The van der Waals surface area contributed by atoms with E-state index in [0.717, 1.165) is 12.8 Å².